The van der Waals surface area contributed by atoms with E-state index in [0.29, 0.717) is 0 Å². The van der Waals surface area contributed by atoms with Crippen LogP contribution in [0.3, 0.4) is 0 Å². The minimum atomic E-state index is -6.13. The molecular formula is C51H29BF24OS. The van der Waals surface area contributed by atoms with E-state index in [1.54, 1.807) is 7.11 Å². The fraction of sp³-hybridized carbons (Fsp3) is 0.176. The number of halogens is 24. The average molecular weight is 1160 g/mol. The van der Waals surface area contributed by atoms with Gasteiger partial charge in [-0.2, -0.15) is 127 Å². The summed E-state index contributed by atoms with van der Waals surface area (Å²) >= 11 is 0. The van der Waals surface area contributed by atoms with Crippen LogP contribution in [0.15, 0.2) is 172 Å². The molecule has 0 aliphatic rings. The van der Waals surface area contributed by atoms with Gasteiger partial charge in [0.05, 0.1) is 62.5 Å². The third kappa shape index (κ3) is 13.7. The highest BCUT2D eigenvalue weighted by Crippen LogP contribution is 2.42. The van der Waals surface area contributed by atoms with Crippen molar-refractivity contribution in [3.8, 4) is 5.75 Å². The summed E-state index contributed by atoms with van der Waals surface area (Å²) in [6, 6.07) is 20.8. The number of alkyl halides is 24. The molecule has 7 aromatic carbocycles. The van der Waals surface area contributed by atoms with Crippen LogP contribution in [0.25, 0.3) is 0 Å². The van der Waals surface area contributed by atoms with Crippen molar-refractivity contribution in [3.05, 3.63) is 202 Å². The molecule has 0 heterocycles. The Balaban J connectivity index is 0.000000387. The molecule has 1 nitrogen and oxygen atoms in total. The molecule has 0 atom stereocenters. The summed E-state index contributed by atoms with van der Waals surface area (Å²) in [7, 11) is 1.60. The highest BCUT2D eigenvalue weighted by Gasteiger charge is 2.47. The molecular weight excluding hydrogens is 1130 g/mol. The predicted molar refractivity (Wildman–Crippen MR) is 238 cm³/mol. The lowest BCUT2D eigenvalue weighted by molar-refractivity contribution is -0.144. The molecule has 0 spiro atoms. The van der Waals surface area contributed by atoms with Crippen molar-refractivity contribution >= 4 is 38.9 Å². The van der Waals surface area contributed by atoms with Crippen molar-refractivity contribution in [2.45, 2.75) is 64.1 Å². The van der Waals surface area contributed by atoms with E-state index in [2.05, 4.69) is 78.9 Å². The van der Waals surface area contributed by atoms with E-state index >= 15 is 0 Å². The lowest BCUT2D eigenvalue weighted by Crippen LogP contribution is -2.75. The third-order valence-electron chi connectivity index (χ3n) is 11.7. The predicted octanol–water partition coefficient (Wildman–Crippen LogP) is 16.0. The number of benzene rings is 7. The SMILES string of the molecule is COc1cccc([S+](c2ccccc2)c2ccccc2)c1.FC(F)(F)c1cc([B-](c2cc(C(F)(F)F)cc(C(F)(F)F)c2)(c2cc(C(F)(F)F)cc(C(F)(F)F)c2)c2cc(C(F)(F)F)cc(C(F)(F)F)c2)cc(C(F)(F)F)c1. The van der Waals surface area contributed by atoms with Gasteiger partial charge in [-0.15, -0.1) is 0 Å². The summed E-state index contributed by atoms with van der Waals surface area (Å²) in [5.41, 5.74) is -30.2. The lowest BCUT2D eigenvalue weighted by Gasteiger charge is -2.46. The number of hydrogen-bond donors (Lipinski definition) is 0. The van der Waals surface area contributed by atoms with Crippen LogP contribution >= 0.6 is 0 Å². The van der Waals surface area contributed by atoms with Gasteiger partial charge in [0, 0.05) is 6.07 Å². The molecule has 0 unspecified atom stereocenters. The Morgan fingerprint density at radius 2 is 0.487 bits per heavy atom. The second-order valence-electron chi connectivity index (χ2n) is 16.8. The molecule has 0 aliphatic heterocycles. The minimum Gasteiger partial charge on any atom is -0.497 e. The van der Waals surface area contributed by atoms with Crippen LogP contribution in [-0.2, 0) is 60.3 Å². The van der Waals surface area contributed by atoms with Gasteiger partial charge in [-0.1, -0.05) is 91.0 Å². The van der Waals surface area contributed by atoms with Crippen molar-refractivity contribution < 1.29 is 110 Å². The molecule has 78 heavy (non-hydrogen) atoms. The maximum Gasteiger partial charge on any atom is 0.416 e. The second-order valence-corrected chi connectivity index (χ2v) is 18.9. The molecule has 0 aliphatic carbocycles. The van der Waals surface area contributed by atoms with Crippen molar-refractivity contribution in [1.29, 1.82) is 0 Å². The van der Waals surface area contributed by atoms with Gasteiger partial charge < -0.3 is 4.74 Å². The summed E-state index contributed by atoms with van der Waals surface area (Å²) in [4.78, 5) is 3.90. The Morgan fingerprint density at radius 3 is 0.692 bits per heavy atom. The lowest BCUT2D eigenvalue weighted by atomic mass is 9.12. The smallest absolute Gasteiger partial charge is 0.416 e. The van der Waals surface area contributed by atoms with Crippen LogP contribution in [0.2, 0.25) is 0 Å². The van der Waals surface area contributed by atoms with Crippen molar-refractivity contribution in [2.24, 2.45) is 0 Å². The van der Waals surface area contributed by atoms with E-state index in [9.17, 15) is 105 Å². The summed E-state index contributed by atoms with van der Waals surface area (Å²) in [5, 5.41) is 0. The number of ether oxygens (including phenoxy) is 1. The van der Waals surface area contributed by atoms with Gasteiger partial charge >= 0.3 is 49.4 Å². The standard InChI is InChI=1S/C32H12BF24.C19H17OS/c34-25(35,36)13-1-14(26(37,38)39)6-21(5-13)33(22-7-15(27(40,41)42)2-16(8-22)28(43,44)45,23-9-17(29(46,47)48)3-18(10-23)30(49,50)51)24-11-19(31(52,53)54)4-20(12-24)32(55,56)57;1-20-16-9-8-14-19(15-16)21(17-10-4-2-5-11-17)18-12-6-3-7-13-18/h1-12H;2-15H,1H3/q-1;+1. The highest BCUT2D eigenvalue weighted by atomic mass is 32.2. The Labute approximate surface area is 427 Å². The van der Waals surface area contributed by atoms with Crippen LogP contribution in [0, 0.1) is 0 Å². The zero-order chi connectivity index (χ0) is 58.4. The van der Waals surface area contributed by atoms with E-state index < -0.39 is 195 Å². The largest absolute Gasteiger partial charge is 0.497 e. The molecule has 0 aromatic heterocycles. The van der Waals surface area contributed by atoms with Gasteiger partial charge in [0.2, 0.25) is 0 Å². The maximum atomic E-state index is 14.2. The fourth-order valence-electron chi connectivity index (χ4n) is 8.32. The summed E-state index contributed by atoms with van der Waals surface area (Å²) in [5.74, 6) is 0.900. The van der Waals surface area contributed by atoms with Crippen molar-refractivity contribution in [2.75, 3.05) is 7.11 Å². The molecule has 0 radical (unpaired) electrons. The first-order valence-corrected chi connectivity index (χ1v) is 22.7. The molecule has 416 valence electrons. The van der Waals surface area contributed by atoms with Crippen LogP contribution < -0.4 is 26.6 Å². The molecule has 7 rings (SSSR count). The van der Waals surface area contributed by atoms with Crippen LogP contribution in [-0.4, -0.2) is 13.3 Å². The van der Waals surface area contributed by atoms with E-state index in [1.807, 2.05) is 6.07 Å². The second kappa shape index (κ2) is 21.4. The molecule has 0 N–H and O–H groups in total. The normalized spacial score (nSPS) is 13.3. The quantitative estimate of drug-likeness (QED) is 0.0837. The Bertz CT molecular complexity index is 2750. The van der Waals surface area contributed by atoms with Gasteiger partial charge in [-0.3, -0.25) is 0 Å². The van der Waals surface area contributed by atoms with Crippen LogP contribution in [0.5, 0.6) is 5.75 Å². The van der Waals surface area contributed by atoms with Crippen LogP contribution in [0.4, 0.5) is 105 Å². The summed E-state index contributed by atoms with van der Waals surface area (Å²) < 4.78 is 346. The van der Waals surface area contributed by atoms with Crippen molar-refractivity contribution in [3.63, 3.8) is 0 Å². The van der Waals surface area contributed by atoms with Crippen molar-refractivity contribution in [1.82, 2.24) is 0 Å². The first kappa shape index (κ1) is 60.3. The van der Waals surface area contributed by atoms with E-state index in [0.717, 1.165) is 5.75 Å². The van der Waals surface area contributed by atoms with Gasteiger partial charge in [-0.05, 0) is 60.7 Å². The monoisotopic (exact) mass is 1160 g/mol. The van der Waals surface area contributed by atoms with Gasteiger partial charge in [0.25, 0.3) is 0 Å². The van der Waals surface area contributed by atoms with Gasteiger partial charge in [0.1, 0.15) is 11.9 Å². The Morgan fingerprint density at radius 1 is 0.269 bits per heavy atom. The van der Waals surface area contributed by atoms with E-state index in [4.69, 9.17) is 4.74 Å². The molecule has 27 heteroatoms. The van der Waals surface area contributed by atoms with E-state index in [1.165, 1.54) is 14.7 Å². The van der Waals surface area contributed by atoms with Gasteiger partial charge in [-0.25, -0.2) is 0 Å². The minimum absolute atomic E-state index is 0.107. The first-order chi connectivity index (χ1) is 35.6. The fourth-order valence-corrected chi connectivity index (χ4v) is 10.4. The zero-order valence-corrected chi connectivity index (χ0v) is 39.3. The third-order valence-corrected chi connectivity index (χ3v) is 13.9. The topological polar surface area (TPSA) is 9.23 Å². The van der Waals surface area contributed by atoms with E-state index in [-0.39, 0.29) is 10.9 Å². The zero-order valence-electron chi connectivity index (χ0n) is 38.5. The first-order valence-electron chi connectivity index (χ1n) is 21.5. The highest BCUT2D eigenvalue weighted by molar-refractivity contribution is 7.97. The van der Waals surface area contributed by atoms with Crippen LogP contribution in [0.1, 0.15) is 44.5 Å². The molecule has 0 bridgehead atoms. The number of rotatable bonds is 8. The number of hydrogen-bond acceptors (Lipinski definition) is 1. The Hall–Kier alpha value is -6.93. The molecule has 0 amide bonds. The van der Waals surface area contributed by atoms with Gasteiger partial charge in [0.15, 0.2) is 14.7 Å². The average Bonchev–Trinajstić information content (AvgIpc) is 3.46. The molecule has 0 fully saturated rings. The molecule has 0 saturated carbocycles. The molecule has 7 aromatic rings. The molecule has 0 saturated heterocycles. The number of methoxy groups -OCH3 is 1. The Kier molecular flexibility index (Phi) is 16.5. The summed E-state index contributed by atoms with van der Waals surface area (Å²) in [6.07, 6.45) is -54.8. The maximum absolute atomic E-state index is 14.2. The summed E-state index contributed by atoms with van der Waals surface area (Å²) in [6.45, 7) is 0.